The number of carboxylic acid groups (broad SMARTS) is 1. The molecule has 3 rings (SSSR count). The SMILES string of the molecule is Nc1ccc(C(=O)O)cc1.Sc1cccc2nccnc12. The number of thiol groups is 1. The van der Waals surface area contributed by atoms with Gasteiger partial charge in [-0.25, -0.2) is 4.79 Å². The number of carbonyl (C=O) groups is 1. The fraction of sp³-hybridized carbons (Fsp3) is 0. The van der Waals surface area contributed by atoms with Crippen molar-refractivity contribution in [3.05, 3.63) is 60.4 Å². The third-order valence-corrected chi connectivity index (χ3v) is 3.00. The third kappa shape index (κ3) is 3.93. The molecule has 106 valence electrons. The number of aromatic carboxylic acids is 1. The van der Waals surface area contributed by atoms with Crippen molar-refractivity contribution in [3.63, 3.8) is 0 Å². The average Bonchev–Trinajstić information content (AvgIpc) is 2.49. The average molecular weight is 299 g/mol. The van der Waals surface area contributed by atoms with Gasteiger partial charge in [0.05, 0.1) is 11.1 Å². The van der Waals surface area contributed by atoms with Crippen molar-refractivity contribution in [2.24, 2.45) is 0 Å². The van der Waals surface area contributed by atoms with Crippen molar-refractivity contribution in [1.29, 1.82) is 0 Å². The second-order valence-corrected chi connectivity index (χ2v) is 4.61. The van der Waals surface area contributed by atoms with Gasteiger partial charge in [0.1, 0.15) is 5.52 Å². The number of anilines is 1. The van der Waals surface area contributed by atoms with E-state index in [4.69, 9.17) is 10.8 Å². The summed E-state index contributed by atoms with van der Waals surface area (Å²) < 4.78 is 0. The number of para-hydroxylation sites is 1. The van der Waals surface area contributed by atoms with E-state index in [9.17, 15) is 4.79 Å². The number of benzene rings is 2. The van der Waals surface area contributed by atoms with E-state index < -0.39 is 5.97 Å². The highest BCUT2D eigenvalue weighted by atomic mass is 32.1. The minimum atomic E-state index is -0.931. The number of nitrogens with zero attached hydrogens (tertiary/aromatic N) is 2. The van der Waals surface area contributed by atoms with Gasteiger partial charge in [-0.05, 0) is 36.4 Å². The summed E-state index contributed by atoms with van der Waals surface area (Å²) in [6.07, 6.45) is 3.34. The third-order valence-electron chi connectivity index (χ3n) is 2.63. The number of rotatable bonds is 1. The molecule has 1 aromatic heterocycles. The number of fused-ring (bicyclic) bond motifs is 1. The molecule has 0 aliphatic carbocycles. The Morgan fingerprint density at radius 1 is 1.05 bits per heavy atom. The molecule has 0 radical (unpaired) electrons. The lowest BCUT2D eigenvalue weighted by Gasteiger charge is -1.96. The summed E-state index contributed by atoms with van der Waals surface area (Å²) in [4.78, 5) is 19.4. The zero-order valence-electron chi connectivity index (χ0n) is 11.0. The van der Waals surface area contributed by atoms with E-state index in [1.807, 2.05) is 18.2 Å². The van der Waals surface area contributed by atoms with Gasteiger partial charge in [0.25, 0.3) is 0 Å². The van der Waals surface area contributed by atoms with E-state index in [1.54, 1.807) is 24.5 Å². The van der Waals surface area contributed by atoms with Crippen LogP contribution < -0.4 is 5.73 Å². The zero-order chi connectivity index (χ0) is 15.2. The van der Waals surface area contributed by atoms with Crippen molar-refractivity contribution in [1.82, 2.24) is 9.97 Å². The Labute approximate surface area is 126 Å². The van der Waals surface area contributed by atoms with Crippen LogP contribution in [0.1, 0.15) is 10.4 Å². The first-order valence-corrected chi connectivity index (χ1v) is 6.50. The summed E-state index contributed by atoms with van der Waals surface area (Å²) in [5.41, 5.74) is 7.91. The molecule has 6 heteroatoms. The van der Waals surface area contributed by atoms with Gasteiger partial charge in [-0.15, -0.1) is 12.6 Å². The van der Waals surface area contributed by atoms with Crippen LogP contribution in [-0.2, 0) is 0 Å². The summed E-state index contributed by atoms with van der Waals surface area (Å²) in [6.45, 7) is 0. The van der Waals surface area contributed by atoms with Crippen LogP contribution in [0.5, 0.6) is 0 Å². The Morgan fingerprint density at radius 3 is 2.33 bits per heavy atom. The normalized spacial score (nSPS) is 9.76. The van der Waals surface area contributed by atoms with E-state index in [0.717, 1.165) is 15.9 Å². The molecule has 0 atom stereocenters. The van der Waals surface area contributed by atoms with Gasteiger partial charge in [-0.3, -0.25) is 9.97 Å². The molecule has 3 aromatic rings. The number of hydrogen-bond acceptors (Lipinski definition) is 5. The quantitative estimate of drug-likeness (QED) is 0.475. The standard InChI is InChI=1S/C8H6N2S.C7H7NO2/c11-7-3-1-2-6-8(7)10-5-4-9-6;8-6-3-1-5(2-4-6)7(9)10/h1-5,11H;1-4H,8H2,(H,9,10). The highest BCUT2D eigenvalue weighted by Gasteiger charge is 1.98. The van der Waals surface area contributed by atoms with Gasteiger partial charge in [0, 0.05) is 23.0 Å². The molecular weight excluding hydrogens is 286 g/mol. The lowest BCUT2D eigenvalue weighted by Crippen LogP contribution is -1.95. The molecule has 0 aliphatic heterocycles. The van der Waals surface area contributed by atoms with E-state index in [0.29, 0.717) is 5.69 Å². The maximum Gasteiger partial charge on any atom is 0.335 e. The van der Waals surface area contributed by atoms with E-state index in [2.05, 4.69) is 22.6 Å². The van der Waals surface area contributed by atoms with Crippen molar-refractivity contribution in [2.75, 3.05) is 5.73 Å². The second-order valence-electron chi connectivity index (χ2n) is 4.13. The lowest BCUT2D eigenvalue weighted by atomic mass is 10.2. The molecule has 0 saturated heterocycles. The minimum absolute atomic E-state index is 0.259. The monoisotopic (exact) mass is 299 g/mol. The molecule has 21 heavy (non-hydrogen) atoms. The molecule has 1 heterocycles. The van der Waals surface area contributed by atoms with Gasteiger partial charge in [-0.1, -0.05) is 6.07 Å². The molecule has 0 bridgehead atoms. The second kappa shape index (κ2) is 6.71. The van der Waals surface area contributed by atoms with E-state index >= 15 is 0 Å². The molecule has 0 aliphatic rings. The van der Waals surface area contributed by atoms with E-state index in [-0.39, 0.29) is 5.56 Å². The highest BCUT2D eigenvalue weighted by molar-refractivity contribution is 7.80. The highest BCUT2D eigenvalue weighted by Crippen LogP contribution is 2.16. The zero-order valence-corrected chi connectivity index (χ0v) is 11.9. The van der Waals surface area contributed by atoms with Gasteiger partial charge in [0.2, 0.25) is 0 Å². The van der Waals surface area contributed by atoms with Gasteiger partial charge in [-0.2, -0.15) is 0 Å². The molecule has 2 aromatic carbocycles. The van der Waals surface area contributed by atoms with E-state index in [1.165, 1.54) is 12.1 Å². The number of hydrogen-bond donors (Lipinski definition) is 3. The Hall–Kier alpha value is -2.60. The van der Waals surface area contributed by atoms with Crippen LogP contribution in [0.15, 0.2) is 59.8 Å². The van der Waals surface area contributed by atoms with Crippen molar-refractivity contribution in [2.45, 2.75) is 4.90 Å². The number of aromatic nitrogens is 2. The Morgan fingerprint density at radius 2 is 1.71 bits per heavy atom. The summed E-state index contributed by atoms with van der Waals surface area (Å²) in [7, 11) is 0. The molecule has 3 N–H and O–H groups in total. The number of carboxylic acids is 1. The number of nitrogen functional groups attached to an aromatic ring is 1. The first-order valence-electron chi connectivity index (χ1n) is 6.05. The van der Waals surface area contributed by atoms with Crippen LogP contribution >= 0.6 is 12.6 Å². The Bertz CT molecular complexity index is 755. The first kappa shape index (κ1) is 14.8. The van der Waals surface area contributed by atoms with Gasteiger partial charge in [0.15, 0.2) is 0 Å². The fourth-order valence-corrected chi connectivity index (χ4v) is 1.86. The summed E-state index contributed by atoms with van der Waals surface area (Å²) in [5, 5.41) is 8.43. The molecule has 0 amide bonds. The van der Waals surface area contributed by atoms with Crippen molar-refractivity contribution in [3.8, 4) is 0 Å². The minimum Gasteiger partial charge on any atom is -0.478 e. The first-order chi connectivity index (χ1) is 10.1. The molecule has 0 fully saturated rings. The fourth-order valence-electron chi connectivity index (χ4n) is 1.60. The largest absolute Gasteiger partial charge is 0.478 e. The van der Waals surface area contributed by atoms with Gasteiger partial charge < -0.3 is 10.8 Å². The molecule has 0 saturated carbocycles. The smallest absolute Gasteiger partial charge is 0.335 e. The molecule has 0 spiro atoms. The summed E-state index contributed by atoms with van der Waals surface area (Å²) in [6, 6.07) is 11.8. The van der Waals surface area contributed by atoms with Crippen LogP contribution in [0.2, 0.25) is 0 Å². The van der Waals surface area contributed by atoms with Crippen LogP contribution in [0, 0.1) is 0 Å². The summed E-state index contributed by atoms with van der Waals surface area (Å²) in [5.74, 6) is -0.931. The predicted octanol–water partition coefficient (Wildman–Crippen LogP) is 2.89. The van der Waals surface area contributed by atoms with Crippen molar-refractivity contribution >= 4 is 35.3 Å². The number of nitrogens with two attached hydrogens (primary N) is 1. The summed E-state index contributed by atoms with van der Waals surface area (Å²) >= 11 is 4.25. The van der Waals surface area contributed by atoms with Crippen LogP contribution in [-0.4, -0.2) is 21.0 Å². The van der Waals surface area contributed by atoms with Crippen LogP contribution in [0.4, 0.5) is 5.69 Å². The Balaban J connectivity index is 0.000000155. The molecule has 0 unspecified atom stereocenters. The Kier molecular flexibility index (Phi) is 4.73. The van der Waals surface area contributed by atoms with Crippen LogP contribution in [0.25, 0.3) is 11.0 Å². The maximum absolute atomic E-state index is 10.3. The van der Waals surface area contributed by atoms with Crippen molar-refractivity contribution < 1.29 is 9.90 Å². The lowest BCUT2D eigenvalue weighted by molar-refractivity contribution is 0.0697. The van der Waals surface area contributed by atoms with Crippen LogP contribution in [0.3, 0.4) is 0 Å². The predicted molar refractivity (Wildman–Crippen MR) is 84.6 cm³/mol. The molecule has 5 nitrogen and oxygen atoms in total. The van der Waals surface area contributed by atoms with Gasteiger partial charge >= 0.3 is 5.97 Å². The topological polar surface area (TPSA) is 89.1 Å². The molecular formula is C15H13N3O2S. The maximum atomic E-state index is 10.3.